The van der Waals surface area contributed by atoms with Crippen molar-refractivity contribution in [2.24, 2.45) is 11.3 Å². The normalized spacial score (nSPS) is 25.7. The molecule has 0 radical (unpaired) electrons. The number of hydrogen-bond donors (Lipinski definition) is 0. The van der Waals surface area contributed by atoms with Crippen LogP contribution in [0.15, 0.2) is 30.3 Å². The van der Waals surface area contributed by atoms with Crippen LogP contribution in [0.2, 0.25) is 0 Å². The van der Waals surface area contributed by atoms with Gasteiger partial charge in [-0.2, -0.15) is 0 Å². The van der Waals surface area contributed by atoms with Crippen LogP contribution < -0.4 is 0 Å². The first-order valence-electron chi connectivity index (χ1n) is 7.19. The van der Waals surface area contributed by atoms with Crippen molar-refractivity contribution in [2.75, 3.05) is 18.4 Å². The zero-order valence-corrected chi connectivity index (χ0v) is 13.7. The maximum Gasteiger partial charge on any atom is 0.357 e. The van der Waals surface area contributed by atoms with E-state index >= 15 is 0 Å². The molecule has 0 aromatic heterocycles. The fourth-order valence-corrected chi connectivity index (χ4v) is 3.69. The molecule has 2 unspecified atom stereocenters. The molecule has 1 aliphatic rings. The third-order valence-corrected chi connectivity index (χ3v) is 4.61. The fourth-order valence-electron chi connectivity index (χ4n) is 2.95. The number of benzene rings is 1. The molecule has 1 aromatic rings. The first kappa shape index (κ1) is 16.2. The molecule has 0 bridgehead atoms. The second-order valence-electron chi connectivity index (χ2n) is 5.46. The number of nitrogens with zero attached hydrogens (tertiary/aromatic N) is 1. The van der Waals surface area contributed by atoms with Crippen LogP contribution in [0, 0.1) is 11.3 Å². The molecule has 5 heteroatoms. The number of alkyl halides is 1. The number of hydrogen-bond acceptors (Lipinski definition) is 4. The zero-order chi connectivity index (χ0) is 15.3. The summed E-state index contributed by atoms with van der Waals surface area (Å²) in [4.78, 5) is 29.1. The quantitative estimate of drug-likeness (QED) is 0.582. The van der Waals surface area contributed by atoms with Gasteiger partial charge < -0.3 is 9.63 Å². The monoisotopic (exact) mass is 353 g/mol. The van der Waals surface area contributed by atoms with Crippen molar-refractivity contribution in [1.82, 2.24) is 5.06 Å². The third kappa shape index (κ3) is 3.52. The SMILES string of the molecule is CCC1CN(OC(=O)c2ccccc2)CC1(C=O)CCBr. The van der Waals surface area contributed by atoms with E-state index in [-0.39, 0.29) is 11.9 Å². The molecule has 114 valence electrons. The van der Waals surface area contributed by atoms with Crippen LogP contribution in [0.1, 0.15) is 30.1 Å². The highest BCUT2D eigenvalue weighted by Gasteiger charge is 2.46. The summed E-state index contributed by atoms with van der Waals surface area (Å²) in [5, 5.41) is 2.41. The van der Waals surface area contributed by atoms with Crippen LogP contribution in [-0.4, -0.2) is 35.7 Å². The topological polar surface area (TPSA) is 46.6 Å². The largest absolute Gasteiger partial charge is 0.364 e. The Hall–Kier alpha value is -1.20. The van der Waals surface area contributed by atoms with E-state index in [0.29, 0.717) is 18.7 Å². The Morgan fingerprint density at radius 1 is 1.48 bits per heavy atom. The smallest absolute Gasteiger partial charge is 0.357 e. The molecule has 0 spiro atoms. The van der Waals surface area contributed by atoms with E-state index in [4.69, 9.17) is 4.84 Å². The van der Waals surface area contributed by atoms with Crippen molar-refractivity contribution >= 4 is 28.2 Å². The summed E-state index contributed by atoms with van der Waals surface area (Å²) in [6.07, 6.45) is 2.69. The maximum absolute atomic E-state index is 12.1. The number of rotatable bonds is 6. The van der Waals surface area contributed by atoms with Gasteiger partial charge in [-0.05, 0) is 24.5 Å². The Kier molecular flexibility index (Phi) is 5.53. The molecule has 1 aliphatic heterocycles. The van der Waals surface area contributed by atoms with E-state index in [1.54, 1.807) is 29.3 Å². The van der Waals surface area contributed by atoms with E-state index in [2.05, 4.69) is 22.9 Å². The summed E-state index contributed by atoms with van der Waals surface area (Å²) in [7, 11) is 0. The molecule has 0 N–H and O–H groups in total. The highest BCUT2D eigenvalue weighted by molar-refractivity contribution is 9.09. The molecule has 4 nitrogen and oxygen atoms in total. The first-order chi connectivity index (χ1) is 10.1. The van der Waals surface area contributed by atoms with Crippen LogP contribution in [0.5, 0.6) is 0 Å². The predicted molar refractivity (Wildman–Crippen MR) is 84.1 cm³/mol. The third-order valence-electron chi connectivity index (χ3n) is 4.22. The molecule has 1 heterocycles. The van der Waals surface area contributed by atoms with E-state index in [0.717, 1.165) is 24.5 Å². The van der Waals surface area contributed by atoms with Gasteiger partial charge in [0, 0.05) is 23.8 Å². The lowest BCUT2D eigenvalue weighted by molar-refractivity contribution is -0.122. The average Bonchev–Trinajstić information content (AvgIpc) is 2.86. The lowest BCUT2D eigenvalue weighted by atomic mass is 9.76. The standard InChI is InChI=1S/C16H20BrNO3/c1-2-14-10-18(11-16(14,12-19)8-9-17)21-15(20)13-6-4-3-5-7-13/h3-7,12,14H,2,8-11H2,1H3. The van der Waals surface area contributed by atoms with Crippen molar-refractivity contribution in [2.45, 2.75) is 19.8 Å². The Morgan fingerprint density at radius 2 is 2.19 bits per heavy atom. The Balaban J connectivity index is 2.06. The number of halogens is 1. The average molecular weight is 354 g/mol. The molecule has 2 rings (SSSR count). The Morgan fingerprint density at radius 3 is 2.76 bits per heavy atom. The first-order valence-corrected chi connectivity index (χ1v) is 8.32. The van der Waals surface area contributed by atoms with Crippen molar-refractivity contribution < 1.29 is 14.4 Å². The molecule has 1 saturated heterocycles. The number of carbonyl (C=O) groups is 2. The summed E-state index contributed by atoms with van der Waals surface area (Å²) in [6, 6.07) is 8.90. The summed E-state index contributed by atoms with van der Waals surface area (Å²) >= 11 is 3.41. The number of aldehydes is 1. The minimum atomic E-state index is -0.421. The van der Waals surface area contributed by atoms with Gasteiger partial charge in [-0.15, -0.1) is 5.06 Å². The van der Waals surface area contributed by atoms with Crippen LogP contribution in [-0.2, 0) is 9.63 Å². The molecule has 0 saturated carbocycles. The lowest BCUT2D eigenvalue weighted by Gasteiger charge is -2.26. The summed E-state index contributed by atoms with van der Waals surface area (Å²) in [6.45, 7) is 3.15. The van der Waals surface area contributed by atoms with Gasteiger partial charge in [-0.3, -0.25) is 0 Å². The van der Waals surface area contributed by atoms with E-state index in [9.17, 15) is 9.59 Å². The van der Waals surface area contributed by atoms with Gasteiger partial charge in [0.1, 0.15) is 6.29 Å². The minimum absolute atomic E-state index is 0.219. The summed E-state index contributed by atoms with van der Waals surface area (Å²) < 4.78 is 0. The molecular formula is C16H20BrNO3. The molecule has 1 fully saturated rings. The van der Waals surface area contributed by atoms with Gasteiger partial charge in [0.15, 0.2) is 0 Å². The van der Waals surface area contributed by atoms with Crippen molar-refractivity contribution in [3.63, 3.8) is 0 Å². The molecule has 0 aliphatic carbocycles. The van der Waals surface area contributed by atoms with Gasteiger partial charge in [0.05, 0.1) is 5.56 Å². The number of carbonyl (C=O) groups excluding carboxylic acids is 2. The minimum Gasteiger partial charge on any atom is -0.364 e. The van der Waals surface area contributed by atoms with Gasteiger partial charge in [-0.25, -0.2) is 4.79 Å². The Labute approximate surface area is 133 Å². The molecular weight excluding hydrogens is 334 g/mol. The van der Waals surface area contributed by atoms with Crippen LogP contribution in [0.25, 0.3) is 0 Å². The highest BCUT2D eigenvalue weighted by Crippen LogP contribution is 2.40. The molecule has 1 aromatic carbocycles. The zero-order valence-electron chi connectivity index (χ0n) is 12.1. The summed E-state index contributed by atoms with van der Waals surface area (Å²) in [5.74, 6) is -0.151. The van der Waals surface area contributed by atoms with Crippen LogP contribution >= 0.6 is 15.9 Å². The van der Waals surface area contributed by atoms with Crippen molar-refractivity contribution in [3.8, 4) is 0 Å². The van der Waals surface area contributed by atoms with Crippen LogP contribution in [0.3, 0.4) is 0 Å². The molecule has 0 amide bonds. The summed E-state index contributed by atoms with van der Waals surface area (Å²) in [5.41, 5.74) is 0.101. The van der Waals surface area contributed by atoms with Crippen molar-refractivity contribution in [3.05, 3.63) is 35.9 Å². The second-order valence-corrected chi connectivity index (χ2v) is 6.26. The van der Waals surface area contributed by atoms with Crippen LogP contribution in [0.4, 0.5) is 0 Å². The van der Waals surface area contributed by atoms with Crippen molar-refractivity contribution in [1.29, 1.82) is 0 Å². The van der Waals surface area contributed by atoms with Gasteiger partial charge in [0.2, 0.25) is 0 Å². The predicted octanol–water partition coefficient (Wildman–Crippen LogP) is 3.07. The maximum atomic E-state index is 12.1. The van der Waals surface area contributed by atoms with Gasteiger partial charge in [-0.1, -0.05) is 47.5 Å². The van der Waals surface area contributed by atoms with E-state index < -0.39 is 5.41 Å². The van der Waals surface area contributed by atoms with Gasteiger partial charge in [0.25, 0.3) is 0 Å². The lowest BCUT2D eigenvalue weighted by Crippen LogP contribution is -2.33. The van der Waals surface area contributed by atoms with E-state index in [1.807, 2.05) is 6.07 Å². The molecule has 21 heavy (non-hydrogen) atoms. The second kappa shape index (κ2) is 7.18. The van der Waals surface area contributed by atoms with Gasteiger partial charge >= 0.3 is 5.97 Å². The number of hydroxylamine groups is 2. The highest BCUT2D eigenvalue weighted by atomic mass is 79.9. The fraction of sp³-hybridized carbons (Fsp3) is 0.500. The Bertz CT molecular complexity index is 494. The molecule has 2 atom stereocenters. The van der Waals surface area contributed by atoms with E-state index in [1.165, 1.54) is 0 Å².